The zero-order chi connectivity index (χ0) is 14.0. The Balaban J connectivity index is 2.21. The molecule has 0 radical (unpaired) electrons. The number of hydrogen-bond donors (Lipinski definition) is 2. The van der Waals surface area contributed by atoms with Crippen LogP contribution in [0.25, 0.3) is 0 Å². The summed E-state index contributed by atoms with van der Waals surface area (Å²) in [6.07, 6.45) is 5.02. The molecule has 19 heavy (non-hydrogen) atoms. The van der Waals surface area contributed by atoms with Crippen LogP contribution in [0.3, 0.4) is 0 Å². The third-order valence-corrected chi connectivity index (χ3v) is 4.22. The Labute approximate surface area is 116 Å². The maximum atomic E-state index is 12.3. The summed E-state index contributed by atoms with van der Waals surface area (Å²) in [6.45, 7) is 3.93. The van der Waals surface area contributed by atoms with Crippen molar-refractivity contribution in [3.05, 3.63) is 21.7 Å². The molecule has 1 amide bonds. The predicted octanol–water partition coefficient (Wildman–Crippen LogP) is 1.72. The maximum absolute atomic E-state index is 12.3. The topological polar surface area (TPSA) is 74.8 Å². The molecule has 6 heteroatoms. The third-order valence-electron chi connectivity index (χ3n) is 3.54. The number of H-pyrrole nitrogens is 1. The molecule has 2 unspecified atom stereocenters. The molecule has 0 aromatic carbocycles. The summed E-state index contributed by atoms with van der Waals surface area (Å²) in [4.78, 5) is 30.1. The van der Waals surface area contributed by atoms with Gasteiger partial charge in [-0.3, -0.25) is 4.79 Å². The highest BCUT2D eigenvalue weighted by Gasteiger charge is 2.25. The van der Waals surface area contributed by atoms with E-state index in [0.717, 1.165) is 19.3 Å². The van der Waals surface area contributed by atoms with Crippen LogP contribution in [0, 0.1) is 12.8 Å². The first-order chi connectivity index (χ1) is 9.01. The third kappa shape index (κ3) is 3.18. The van der Waals surface area contributed by atoms with E-state index in [-0.39, 0.29) is 11.9 Å². The normalized spacial score (nSPS) is 22.5. The van der Waals surface area contributed by atoms with Crippen LogP contribution in [0.4, 0.5) is 0 Å². The van der Waals surface area contributed by atoms with Crippen LogP contribution in [0.2, 0.25) is 0 Å². The number of aromatic amines is 1. The molecular formula is C13H19N3O2S. The number of nitrogens with zero attached hydrogens (tertiary/aromatic N) is 1. The second-order valence-corrected chi connectivity index (χ2v) is 5.93. The highest BCUT2D eigenvalue weighted by molar-refractivity contribution is 7.98. The van der Waals surface area contributed by atoms with Gasteiger partial charge in [-0.05, 0) is 38.4 Å². The number of hydrogen-bond acceptors (Lipinski definition) is 4. The molecule has 1 aromatic heterocycles. The SMILES string of the molecule is CSc1nc(=O)[nH]c(C)c1C(=O)NC1CCC(C)C1. The molecule has 0 bridgehead atoms. The summed E-state index contributed by atoms with van der Waals surface area (Å²) in [5.41, 5.74) is 0.660. The zero-order valence-corrected chi connectivity index (χ0v) is 12.3. The van der Waals surface area contributed by atoms with Gasteiger partial charge in [-0.15, -0.1) is 11.8 Å². The fraction of sp³-hybridized carbons (Fsp3) is 0.615. The van der Waals surface area contributed by atoms with Gasteiger partial charge in [-0.1, -0.05) is 6.92 Å². The Morgan fingerprint density at radius 1 is 1.47 bits per heavy atom. The number of aryl methyl sites for hydroxylation is 1. The number of thioether (sulfide) groups is 1. The number of rotatable bonds is 3. The summed E-state index contributed by atoms with van der Waals surface area (Å²) in [7, 11) is 0. The van der Waals surface area contributed by atoms with Gasteiger partial charge >= 0.3 is 5.69 Å². The molecule has 0 spiro atoms. The Morgan fingerprint density at radius 2 is 2.21 bits per heavy atom. The average Bonchev–Trinajstić information content (AvgIpc) is 2.73. The van der Waals surface area contributed by atoms with Crippen LogP contribution in [-0.2, 0) is 0 Å². The van der Waals surface area contributed by atoms with Crippen LogP contribution in [0.15, 0.2) is 9.82 Å². The Kier molecular flexibility index (Phi) is 4.29. The van der Waals surface area contributed by atoms with Gasteiger partial charge in [0, 0.05) is 11.7 Å². The summed E-state index contributed by atoms with van der Waals surface area (Å²) >= 11 is 1.32. The molecule has 0 aliphatic heterocycles. The second-order valence-electron chi connectivity index (χ2n) is 5.14. The van der Waals surface area contributed by atoms with Gasteiger partial charge in [0.25, 0.3) is 5.91 Å². The van der Waals surface area contributed by atoms with Crippen molar-refractivity contribution in [3.8, 4) is 0 Å². The molecule has 1 heterocycles. The molecular weight excluding hydrogens is 262 g/mol. The predicted molar refractivity (Wildman–Crippen MR) is 75.6 cm³/mol. The molecule has 104 valence electrons. The smallest absolute Gasteiger partial charge is 0.346 e. The van der Waals surface area contributed by atoms with Gasteiger partial charge in [0.2, 0.25) is 0 Å². The average molecular weight is 281 g/mol. The van der Waals surface area contributed by atoms with Gasteiger partial charge in [0.05, 0.1) is 5.56 Å². The fourth-order valence-corrected chi connectivity index (χ4v) is 3.19. The minimum Gasteiger partial charge on any atom is -0.349 e. The van der Waals surface area contributed by atoms with Crippen molar-refractivity contribution in [2.45, 2.75) is 44.2 Å². The summed E-state index contributed by atoms with van der Waals surface area (Å²) in [5, 5.41) is 3.54. The minimum absolute atomic E-state index is 0.135. The maximum Gasteiger partial charge on any atom is 0.346 e. The van der Waals surface area contributed by atoms with Gasteiger partial charge in [0.15, 0.2) is 0 Å². The lowest BCUT2D eigenvalue weighted by molar-refractivity contribution is 0.0932. The number of aromatic nitrogens is 2. The summed E-state index contributed by atoms with van der Waals surface area (Å²) < 4.78 is 0. The first-order valence-corrected chi connectivity index (χ1v) is 7.69. The molecule has 1 aromatic rings. The van der Waals surface area contributed by atoms with Crippen molar-refractivity contribution in [1.82, 2.24) is 15.3 Å². The number of carbonyl (C=O) groups excluding carboxylic acids is 1. The van der Waals surface area contributed by atoms with E-state index in [4.69, 9.17) is 0 Å². The van der Waals surface area contributed by atoms with E-state index in [0.29, 0.717) is 22.2 Å². The van der Waals surface area contributed by atoms with E-state index >= 15 is 0 Å². The van der Waals surface area contributed by atoms with Crippen molar-refractivity contribution < 1.29 is 4.79 Å². The van der Waals surface area contributed by atoms with Gasteiger partial charge in [-0.25, -0.2) is 4.79 Å². The van der Waals surface area contributed by atoms with Crippen LogP contribution >= 0.6 is 11.8 Å². The standard InChI is InChI=1S/C13H19N3O2S/c1-7-4-5-9(6-7)15-11(17)10-8(2)14-13(18)16-12(10)19-3/h7,9H,4-6H2,1-3H3,(H,15,17)(H,14,16,18). The Bertz CT molecular complexity index is 541. The lowest BCUT2D eigenvalue weighted by Crippen LogP contribution is -2.34. The lowest BCUT2D eigenvalue weighted by Gasteiger charge is -2.14. The van der Waals surface area contributed by atoms with E-state index in [1.807, 2.05) is 6.26 Å². The Morgan fingerprint density at radius 3 is 2.79 bits per heavy atom. The highest BCUT2D eigenvalue weighted by atomic mass is 32.2. The van der Waals surface area contributed by atoms with Crippen molar-refractivity contribution >= 4 is 17.7 Å². The quantitative estimate of drug-likeness (QED) is 0.653. The molecule has 1 saturated carbocycles. The van der Waals surface area contributed by atoms with Gasteiger partial charge in [-0.2, -0.15) is 4.98 Å². The molecule has 0 saturated heterocycles. The molecule has 2 atom stereocenters. The fourth-order valence-electron chi connectivity index (χ4n) is 2.57. The van der Waals surface area contributed by atoms with Crippen LogP contribution < -0.4 is 11.0 Å². The summed E-state index contributed by atoms with van der Waals surface area (Å²) in [5.74, 6) is 0.532. The van der Waals surface area contributed by atoms with Crippen molar-refractivity contribution in [2.75, 3.05) is 6.26 Å². The molecule has 5 nitrogen and oxygen atoms in total. The van der Waals surface area contributed by atoms with E-state index < -0.39 is 5.69 Å². The number of nitrogens with one attached hydrogen (secondary N) is 2. The zero-order valence-electron chi connectivity index (χ0n) is 11.4. The molecule has 1 aliphatic carbocycles. The number of amides is 1. The molecule has 2 N–H and O–H groups in total. The summed E-state index contributed by atoms with van der Waals surface area (Å²) in [6, 6.07) is 0.239. The van der Waals surface area contributed by atoms with E-state index in [2.05, 4.69) is 22.2 Å². The van der Waals surface area contributed by atoms with Crippen molar-refractivity contribution in [1.29, 1.82) is 0 Å². The lowest BCUT2D eigenvalue weighted by atomic mass is 10.1. The second kappa shape index (κ2) is 5.77. The van der Waals surface area contributed by atoms with E-state index in [1.54, 1.807) is 6.92 Å². The largest absolute Gasteiger partial charge is 0.349 e. The number of carbonyl (C=O) groups is 1. The van der Waals surface area contributed by atoms with E-state index in [1.165, 1.54) is 11.8 Å². The van der Waals surface area contributed by atoms with Crippen molar-refractivity contribution in [2.24, 2.45) is 5.92 Å². The first-order valence-electron chi connectivity index (χ1n) is 6.47. The monoisotopic (exact) mass is 281 g/mol. The minimum atomic E-state index is -0.409. The molecule has 1 aliphatic rings. The van der Waals surface area contributed by atoms with Gasteiger partial charge < -0.3 is 10.3 Å². The van der Waals surface area contributed by atoms with E-state index in [9.17, 15) is 9.59 Å². The molecule has 1 fully saturated rings. The van der Waals surface area contributed by atoms with Gasteiger partial charge in [0.1, 0.15) is 5.03 Å². The van der Waals surface area contributed by atoms with Crippen LogP contribution in [-0.4, -0.2) is 28.2 Å². The van der Waals surface area contributed by atoms with Crippen LogP contribution in [0.5, 0.6) is 0 Å². The Hall–Kier alpha value is -1.30. The molecule has 2 rings (SSSR count). The highest BCUT2D eigenvalue weighted by Crippen LogP contribution is 2.25. The van der Waals surface area contributed by atoms with Crippen LogP contribution in [0.1, 0.15) is 42.2 Å². The first kappa shape index (κ1) is 14.1. The van der Waals surface area contributed by atoms with Crippen molar-refractivity contribution in [3.63, 3.8) is 0 Å².